The molecule has 16 heavy (non-hydrogen) atoms. The van der Waals surface area contributed by atoms with E-state index in [1.807, 2.05) is 0 Å². The third kappa shape index (κ3) is 4.02. The molecule has 0 radical (unpaired) electrons. The summed E-state index contributed by atoms with van der Waals surface area (Å²) in [7, 11) is 0. The number of aliphatic hydroxyl groups excluding tert-OH is 1. The Morgan fingerprint density at radius 1 is 1.50 bits per heavy atom. The van der Waals surface area contributed by atoms with E-state index in [-0.39, 0.29) is 30.2 Å². The van der Waals surface area contributed by atoms with Crippen LogP contribution in [0, 0.1) is 0 Å². The Morgan fingerprint density at radius 3 is 2.88 bits per heavy atom. The van der Waals surface area contributed by atoms with Crippen LogP contribution in [0.2, 0.25) is 0 Å². The number of nitrogens with two attached hydrogens (primary N) is 1. The van der Waals surface area contributed by atoms with Crippen LogP contribution >= 0.6 is 11.8 Å². The second kappa shape index (κ2) is 6.75. The van der Waals surface area contributed by atoms with E-state index < -0.39 is 0 Å². The first kappa shape index (κ1) is 13.3. The van der Waals surface area contributed by atoms with Crippen LogP contribution in [-0.2, 0) is 9.59 Å². The van der Waals surface area contributed by atoms with Gasteiger partial charge in [-0.1, -0.05) is 0 Å². The highest BCUT2D eigenvalue weighted by Gasteiger charge is 2.27. The van der Waals surface area contributed by atoms with Crippen LogP contribution in [0.4, 0.5) is 0 Å². The fourth-order valence-corrected chi connectivity index (χ4v) is 2.49. The molecule has 5 nitrogen and oxygen atoms in total. The second-order valence-corrected chi connectivity index (χ2v) is 4.94. The zero-order chi connectivity index (χ0) is 12.0. The highest BCUT2D eigenvalue weighted by Crippen LogP contribution is 2.18. The van der Waals surface area contributed by atoms with Crippen molar-refractivity contribution in [3.05, 3.63) is 0 Å². The van der Waals surface area contributed by atoms with Crippen LogP contribution in [0.25, 0.3) is 0 Å². The molecule has 1 rings (SSSR count). The highest BCUT2D eigenvalue weighted by atomic mass is 32.2. The fourth-order valence-electron chi connectivity index (χ4n) is 1.83. The van der Waals surface area contributed by atoms with Crippen LogP contribution in [-0.4, -0.2) is 52.5 Å². The summed E-state index contributed by atoms with van der Waals surface area (Å²) in [6.07, 6.45) is 2.26. The number of nitrogens with zero attached hydrogens (tertiary/aromatic N) is 1. The Bertz CT molecular complexity index is 260. The first-order valence-corrected chi connectivity index (χ1v) is 6.57. The van der Waals surface area contributed by atoms with Crippen molar-refractivity contribution in [3.8, 4) is 0 Å². The molecule has 1 fully saturated rings. The molecule has 1 saturated heterocycles. The summed E-state index contributed by atoms with van der Waals surface area (Å²) in [6.45, 7) is 0.782. The quantitative estimate of drug-likeness (QED) is 0.623. The lowest BCUT2D eigenvalue weighted by Gasteiger charge is -2.22. The summed E-state index contributed by atoms with van der Waals surface area (Å²) in [4.78, 5) is 24.0. The predicted molar refractivity (Wildman–Crippen MR) is 63.0 cm³/mol. The summed E-state index contributed by atoms with van der Waals surface area (Å²) in [5.41, 5.74) is 4.99. The minimum absolute atomic E-state index is 0.00589. The SMILES string of the molecule is NC(=O)CSCCC(=O)N1CCCC1CO. The van der Waals surface area contributed by atoms with Gasteiger partial charge in [0.25, 0.3) is 0 Å². The van der Waals surface area contributed by atoms with Gasteiger partial charge in [-0.15, -0.1) is 0 Å². The minimum atomic E-state index is -0.355. The van der Waals surface area contributed by atoms with E-state index in [4.69, 9.17) is 10.8 Å². The van der Waals surface area contributed by atoms with Gasteiger partial charge >= 0.3 is 0 Å². The Labute approximate surface area is 99.4 Å². The third-order valence-corrected chi connectivity index (χ3v) is 3.59. The third-order valence-electron chi connectivity index (χ3n) is 2.61. The van der Waals surface area contributed by atoms with Crippen molar-refractivity contribution in [3.63, 3.8) is 0 Å². The molecule has 1 heterocycles. The number of carbonyl (C=O) groups excluding carboxylic acids is 2. The lowest BCUT2D eigenvalue weighted by atomic mass is 10.2. The Hall–Kier alpha value is -0.750. The normalized spacial score (nSPS) is 20.1. The summed E-state index contributed by atoms with van der Waals surface area (Å²) >= 11 is 1.37. The largest absolute Gasteiger partial charge is 0.394 e. The van der Waals surface area contributed by atoms with Gasteiger partial charge in [0.1, 0.15) is 0 Å². The van der Waals surface area contributed by atoms with Crippen LogP contribution in [0.1, 0.15) is 19.3 Å². The molecule has 2 amide bonds. The number of carbonyl (C=O) groups is 2. The maximum Gasteiger partial charge on any atom is 0.227 e. The molecule has 6 heteroatoms. The lowest BCUT2D eigenvalue weighted by molar-refractivity contribution is -0.132. The van der Waals surface area contributed by atoms with Gasteiger partial charge in [-0.2, -0.15) is 11.8 Å². The van der Waals surface area contributed by atoms with Gasteiger partial charge in [0.2, 0.25) is 11.8 Å². The number of aliphatic hydroxyl groups is 1. The van der Waals surface area contributed by atoms with Crippen molar-refractivity contribution in [1.82, 2.24) is 4.90 Å². The molecule has 0 bridgehead atoms. The summed E-state index contributed by atoms with van der Waals surface area (Å²) in [5.74, 6) is 0.577. The molecule has 0 aromatic carbocycles. The van der Waals surface area contributed by atoms with E-state index in [2.05, 4.69) is 0 Å². The molecule has 1 atom stereocenters. The van der Waals surface area contributed by atoms with Crippen molar-refractivity contribution in [1.29, 1.82) is 0 Å². The monoisotopic (exact) mass is 246 g/mol. The van der Waals surface area contributed by atoms with Gasteiger partial charge in [-0.05, 0) is 12.8 Å². The Kier molecular flexibility index (Phi) is 5.62. The highest BCUT2D eigenvalue weighted by molar-refractivity contribution is 7.99. The molecule has 1 unspecified atom stereocenters. The molecule has 0 aromatic heterocycles. The number of hydrogen-bond acceptors (Lipinski definition) is 4. The van der Waals surface area contributed by atoms with Crippen LogP contribution in [0.3, 0.4) is 0 Å². The first-order valence-electron chi connectivity index (χ1n) is 5.41. The van der Waals surface area contributed by atoms with E-state index in [9.17, 15) is 9.59 Å². The molecular weight excluding hydrogens is 228 g/mol. The molecule has 0 aromatic rings. The van der Waals surface area contributed by atoms with Gasteiger partial charge in [-0.3, -0.25) is 9.59 Å². The van der Waals surface area contributed by atoms with Crippen molar-refractivity contribution in [2.24, 2.45) is 5.73 Å². The van der Waals surface area contributed by atoms with Gasteiger partial charge in [0.05, 0.1) is 18.4 Å². The summed E-state index contributed by atoms with van der Waals surface area (Å²) in [6, 6.07) is -0.00589. The average molecular weight is 246 g/mol. The van der Waals surface area contributed by atoms with E-state index in [0.717, 1.165) is 19.4 Å². The number of thioether (sulfide) groups is 1. The van der Waals surface area contributed by atoms with E-state index in [1.165, 1.54) is 11.8 Å². The second-order valence-electron chi connectivity index (χ2n) is 3.83. The molecule has 0 aliphatic carbocycles. The minimum Gasteiger partial charge on any atom is -0.394 e. The molecule has 0 spiro atoms. The van der Waals surface area contributed by atoms with Crippen molar-refractivity contribution >= 4 is 23.6 Å². The molecular formula is C10H18N2O3S. The zero-order valence-electron chi connectivity index (χ0n) is 9.22. The number of rotatable bonds is 6. The Balaban J connectivity index is 2.21. The van der Waals surface area contributed by atoms with Gasteiger partial charge < -0.3 is 15.7 Å². The maximum absolute atomic E-state index is 11.7. The van der Waals surface area contributed by atoms with Crippen molar-refractivity contribution in [2.45, 2.75) is 25.3 Å². The van der Waals surface area contributed by atoms with Crippen molar-refractivity contribution < 1.29 is 14.7 Å². The number of amides is 2. The molecule has 1 aliphatic rings. The number of likely N-dealkylation sites (tertiary alicyclic amines) is 1. The Morgan fingerprint density at radius 2 is 2.25 bits per heavy atom. The lowest BCUT2D eigenvalue weighted by Crippen LogP contribution is -2.37. The fraction of sp³-hybridized carbons (Fsp3) is 0.800. The van der Waals surface area contributed by atoms with E-state index >= 15 is 0 Å². The maximum atomic E-state index is 11.7. The van der Waals surface area contributed by atoms with Crippen molar-refractivity contribution in [2.75, 3.05) is 24.7 Å². The zero-order valence-corrected chi connectivity index (χ0v) is 10.0. The summed E-state index contributed by atoms with van der Waals surface area (Å²) in [5, 5.41) is 9.07. The topological polar surface area (TPSA) is 83.6 Å². The average Bonchev–Trinajstić information content (AvgIpc) is 2.71. The van der Waals surface area contributed by atoms with Crippen LogP contribution in [0.5, 0.6) is 0 Å². The molecule has 1 aliphatic heterocycles. The van der Waals surface area contributed by atoms with Crippen LogP contribution in [0.15, 0.2) is 0 Å². The van der Waals surface area contributed by atoms with Gasteiger partial charge in [-0.25, -0.2) is 0 Å². The standard InChI is InChI=1S/C10H18N2O3S/c11-9(14)7-16-5-3-10(15)12-4-1-2-8(12)6-13/h8,13H,1-7H2,(H2,11,14). The van der Waals surface area contributed by atoms with Gasteiger partial charge in [0.15, 0.2) is 0 Å². The number of primary amides is 1. The smallest absolute Gasteiger partial charge is 0.227 e. The molecule has 92 valence electrons. The molecule has 0 saturated carbocycles. The van der Waals surface area contributed by atoms with E-state index in [1.54, 1.807) is 4.90 Å². The number of hydrogen-bond donors (Lipinski definition) is 2. The predicted octanol–water partition coefficient (Wildman–Crippen LogP) is -0.422. The first-order chi connectivity index (χ1) is 7.65. The summed E-state index contributed by atoms with van der Waals surface area (Å²) < 4.78 is 0. The van der Waals surface area contributed by atoms with Crippen LogP contribution < -0.4 is 5.73 Å². The van der Waals surface area contributed by atoms with E-state index in [0.29, 0.717) is 12.2 Å². The van der Waals surface area contributed by atoms with Gasteiger partial charge in [0, 0.05) is 18.7 Å². The molecule has 3 N–H and O–H groups in total.